The van der Waals surface area contributed by atoms with Crippen molar-refractivity contribution in [1.29, 1.82) is 0 Å². The first-order chi connectivity index (χ1) is 7.09. The van der Waals surface area contributed by atoms with E-state index in [0.29, 0.717) is 0 Å². The lowest BCUT2D eigenvalue weighted by Gasteiger charge is -2.23. The van der Waals surface area contributed by atoms with Gasteiger partial charge in [0.05, 0.1) is 11.3 Å². The Morgan fingerprint density at radius 2 is 1.81 bits per heavy atom. The molecule has 0 aliphatic heterocycles. The number of hydrogen-bond acceptors (Lipinski definition) is 3. The largest absolute Gasteiger partial charge is 0.417 e. The molecule has 1 aromatic heterocycles. The fraction of sp³-hybridized carbons (Fsp3) is 0.500. The summed E-state index contributed by atoms with van der Waals surface area (Å²) in [5.41, 5.74) is 4.51. The van der Waals surface area contributed by atoms with Crippen LogP contribution >= 0.6 is 0 Å². The number of nitrogens with two attached hydrogens (primary N) is 1. The number of rotatable bonds is 1. The third-order valence-electron chi connectivity index (χ3n) is 1.76. The van der Waals surface area contributed by atoms with Crippen molar-refractivity contribution in [3.05, 3.63) is 17.8 Å². The van der Waals surface area contributed by atoms with Crippen LogP contribution < -0.4 is 11.1 Å². The fourth-order valence-electron chi connectivity index (χ4n) is 1.13. The second-order valence-electron chi connectivity index (χ2n) is 4.53. The SMILES string of the molecule is CC(C)(C)Nc1cc(C(F)(F)F)cnc1N. The number of hydrogen-bond donors (Lipinski definition) is 2. The molecule has 0 aliphatic rings. The minimum absolute atomic E-state index is 0.0583. The molecule has 0 radical (unpaired) electrons. The molecule has 0 amide bonds. The van der Waals surface area contributed by atoms with Crippen molar-refractivity contribution in [1.82, 2.24) is 4.98 Å². The first kappa shape index (κ1) is 12.6. The molecule has 1 rings (SSSR count). The molecule has 0 aromatic carbocycles. The molecule has 3 N–H and O–H groups in total. The molecule has 0 bridgehead atoms. The molecular formula is C10H14F3N3. The average molecular weight is 233 g/mol. The minimum Gasteiger partial charge on any atom is -0.382 e. The zero-order valence-electron chi connectivity index (χ0n) is 9.31. The van der Waals surface area contributed by atoms with Crippen LogP contribution in [0.15, 0.2) is 12.3 Å². The predicted octanol–water partition coefficient (Wildman–Crippen LogP) is 2.89. The van der Waals surface area contributed by atoms with E-state index in [-0.39, 0.29) is 17.0 Å². The third-order valence-corrected chi connectivity index (χ3v) is 1.76. The lowest BCUT2D eigenvalue weighted by atomic mass is 10.1. The molecular weight excluding hydrogens is 219 g/mol. The molecule has 0 saturated heterocycles. The summed E-state index contributed by atoms with van der Waals surface area (Å²) >= 11 is 0. The van der Waals surface area contributed by atoms with Gasteiger partial charge in [0.15, 0.2) is 0 Å². The lowest BCUT2D eigenvalue weighted by molar-refractivity contribution is -0.137. The molecule has 16 heavy (non-hydrogen) atoms. The molecule has 0 unspecified atom stereocenters. The van der Waals surface area contributed by atoms with Gasteiger partial charge in [-0.3, -0.25) is 0 Å². The van der Waals surface area contributed by atoms with Gasteiger partial charge < -0.3 is 11.1 Å². The molecule has 6 heteroatoms. The number of aromatic nitrogens is 1. The van der Waals surface area contributed by atoms with E-state index >= 15 is 0 Å². The van der Waals surface area contributed by atoms with E-state index in [1.165, 1.54) is 0 Å². The number of anilines is 2. The summed E-state index contributed by atoms with van der Waals surface area (Å²) in [4.78, 5) is 3.52. The van der Waals surface area contributed by atoms with Gasteiger partial charge in [0.2, 0.25) is 0 Å². The van der Waals surface area contributed by atoms with Crippen molar-refractivity contribution >= 4 is 11.5 Å². The van der Waals surface area contributed by atoms with Crippen LogP contribution in [0.5, 0.6) is 0 Å². The standard InChI is InChI=1S/C10H14F3N3/c1-9(2,3)16-7-4-6(10(11,12)13)5-15-8(7)14/h4-5,16H,1-3H3,(H2,14,15). The Hall–Kier alpha value is -1.46. The van der Waals surface area contributed by atoms with Gasteiger partial charge in [-0.25, -0.2) is 4.98 Å². The average Bonchev–Trinajstić information content (AvgIpc) is 2.04. The van der Waals surface area contributed by atoms with Gasteiger partial charge in [0.1, 0.15) is 5.82 Å². The highest BCUT2D eigenvalue weighted by Gasteiger charge is 2.31. The maximum Gasteiger partial charge on any atom is 0.417 e. The Labute approximate surface area is 91.9 Å². The summed E-state index contributed by atoms with van der Waals surface area (Å²) < 4.78 is 37.3. The Balaban J connectivity index is 3.10. The second-order valence-corrected chi connectivity index (χ2v) is 4.53. The second kappa shape index (κ2) is 3.84. The molecule has 1 heterocycles. The highest BCUT2D eigenvalue weighted by Crippen LogP contribution is 2.32. The van der Waals surface area contributed by atoms with Crippen LogP contribution in [0.1, 0.15) is 26.3 Å². The first-order valence-electron chi connectivity index (χ1n) is 4.70. The van der Waals surface area contributed by atoms with E-state index in [1.807, 2.05) is 20.8 Å². The number of nitrogens with one attached hydrogen (secondary N) is 1. The Morgan fingerprint density at radius 1 is 1.25 bits per heavy atom. The zero-order valence-corrected chi connectivity index (χ0v) is 9.31. The maximum atomic E-state index is 12.4. The summed E-state index contributed by atoms with van der Waals surface area (Å²) in [6.45, 7) is 5.48. The van der Waals surface area contributed by atoms with Crippen LogP contribution in [-0.2, 0) is 6.18 Å². The minimum atomic E-state index is -4.41. The zero-order chi connectivity index (χ0) is 12.6. The van der Waals surface area contributed by atoms with Crippen LogP contribution in [0.25, 0.3) is 0 Å². The molecule has 0 saturated carbocycles. The summed E-state index contributed by atoms with van der Waals surface area (Å²) in [7, 11) is 0. The van der Waals surface area contributed by atoms with E-state index in [0.717, 1.165) is 12.3 Å². The maximum absolute atomic E-state index is 12.4. The summed E-state index contributed by atoms with van der Waals surface area (Å²) in [6.07, 6.45) is -3.68. The van der Waals surface area contributed by atoms with Gasteiger partial charge >= 0.3 is 6.18 Å². The van der Waals surface area contributed by atoms with Gasteiger partial charge in [-0.2, -0.15) is 13.2 Å². The van der Waals surface area contributed by atoms with Crippen molar-refractivity contribution in [3.8, 4) is 0 Å². The molecule has 90 valence electrons. The summed E-state index contributed by atoms with van der Waals surface area (Å²) in [5.74, 6) is 0.0583. The normalized spacial score (nSPS) is 12.6. The van der Waals surface area contributed by atoms with E-state index in [9.17, 15) is 13.2 Å². The summed E-state index contributed by atoms with van der Waals surface area (Å²) in [5, 5.41) is 2.87. The van der Waals surface area contributed by atoms with E-state index in [4.69, 9.17) is 5.73 Å². The van der Waals surface area contributed by atoms with Crippen LogP contribution in [0.4, 0.5) is 24.7 Å². The van der Waals surface area contributed by atoms with E-state index in [1.54, 1.807) is 0 Å². The first-order valence-corrected chi connectivity index (χ1v) is 4.70. The monoisotopic (exact) mass is 233 g/mol. The van der Waals surface area contributed by atoms with Crippen molar-refractivity contribution in [2.45, 2.75) is 32.5 Å². The van der Waals surface area contributed by atoms with Gasteiger partial charge in [-0.1, -0.05) is 0 Å². The highest BCUT2D eigenvalue weighted by molar-refractivity contribution is 5.63. The Morgan fingerprint density at radius 3 is 2.25 bits per heavy atom. The van der Waals surface area contributed by atoms with Crippen molar-refractivity contribution in [2.75, 3.05) is 11.1 Å². The molecule has 3 nitrogen and oxygen atoms in total. The van der Waals surface area contributed by atoms with Crippen molar-refractivity contribution < 1.29 is 13.2 Å². The number of nitrogens with zero attached hydrogens (tertiary/aromatic N) is 1. The highest BCUT2D eigenvalue weighted by atomic mass is 19.4. The Bertz CT molecular complexity index is 380. The molecule has 0 spiro atoms. The van der Waals surface area contributed by atoms with Gasteiger partial charge in [0, 0.05) is 11.7 Å². The van der Waals surface area contributed by atoms with Crippen LogP contribution in [0, 0.1) is 0 Å². The topological polar surface area (TPSA) is 50.9 Å². The van der Waals surface area contributed by atoms with Crippen LogP contribution in [-0.4, -0.2) is 10.5 Å². The lowest BCUT2D eigenvalue weighted by Crippen LogP contribution is -2.27. The van der Waals surface area contributed by atoms with Crippen LogP contribution in [0.3, 0.4) is 0 Å². The number of pyridine rings is 1. The van der Waals surface area contributed by atoms with Crippen LogP contribution in [0.2, 0.25) is 0 Å². The molecule has 0 atom stereocenters. The van der Waals surface area contributed by atoms with E-state index < -0.39 is 11.7 Å². The van der Waals surface area contributed by atoms with E-state index in [2.05, 4.69) is 10.3 Å². The summed E-state index contributed by atoms with van der Waals surface area (Å²) in [6, 6.07) is 0.966. The molecule has 1 aromatic rings. The molecule has 0 fully saturated rings. The van der Waals surface area contributed by atoms with Gasteiger partial charge in [-0.15, -0.1) is 0 Å². The van der Waals surface area contributed by atoms with Crippen molar-refractivity contribution in [2.24, 2.45) is 0 Å². The molecule has 0 aliphatic carbocycles. The smallest absolute Gasteiger partial charge is 0.382 e. The predicted molar refractivity (Wildman–Crippen MR) is 57.0 cm³/mol. The van der Waals surface area contributed by atoms with Gasteiger partial charge in [0.25, 0.3) is 0 Å². The fourth-order valence-corrected chi connectivity index (χ4v) is 1.13. The number of halogens is 3. The number of alkyl halides is 3. The van der Waals surface area contributed by atoms with Crippen molar-refractivity contribution in [3.63, 3.8) is 0 Å². The Kier molecular flexibility index (Phi) is 3.03. The number of nitrogen functional groups attached to an aromatic ring is 1. The third kappa shape index (κ3) is 3.29. The quantitative estimate of drug-likeness (QED) is 0.784. The van der Waals surface area contributed by atoms with Gasteiger partial charge in [-0.05, 0) is 26.8 Å².